The Morgan fingerprint density at radius 2 is 1.62 bits per heavy atom. The number of carbonyl (C=O) groups is 1. The lowest BCUT2D eigenvalue weighted by Gasteiger charge is -2.08. The third kappa shape index (κ3) is 5.25. The fraction of sp³-hybridized carbons (Fsp3) is 0.188. The van der Waals surface area contributed by atoms with Crippen LogP contribution in [0.4, 0.5) is 16.2 Å². The molecule has 0 aliphatic heterocycles. The number of nitrogens with two attached hydrogens (primary N) is 1. The van der Waals surface area contributed by atoms with Crippen LogP contribution >= 0.6 is 0 Å². The number of rotatable bonds is 6. The van der Waals surface area contributed by atoms with Gasteiger partial charge in [0, 0.05) is 17.9 Å². The smallest absolute Gasteiger partial charge is 0.411 e. The molecular formula is C16H19N3O4S. The number of hydrogen-bond acceptors (Lipinski definition) is 5. The van der Waals surface area contributed by atoms with Crippen molar-refractivity contribution in [1.82, 2.24) is 0 Å². The maximum atomic E-state index is 11.2. The summed E-state index contributed by atoms with van der Waals surface area (Å²) >= 11 is 0. The molecule has 0 bridgehead atoms. The number of anilines is 2. The molecule has 0 unspecified atom stereocenters. The highest BCUT2D eigenvalue weighted by molar-refractivity contribution is 7.89. The zero-order valence-corrected chi connectivity index (χ0v) is 14.0. The minimum Gasteiger partial charge on any atom is -0.453 e. The van der Waals surface area contributed by atoms with Gasteiger partial charge in [-0.15, -0.1) is 0 Å². The molecule has 0 saturated heterocycles. The fourth-order valence-electron chi connectivity index (χ4n) is 2.04. The van der Waals surface area contributed by atoms with E-state index in [-0.39, 0.29) is 4.90 Å². The maximum Gasteiger partial charge on any atom is 0.411 e. The van der Waals surface area contributed by atoms with E-state index in [0.717, 1.165) is 17.7 Å². The van der Waals surface area contributed by atoms with Crippen LogP contribution in [0.2, 0.25) is 0 Å². The average molecular weight is 349 g/mol. The van der Waals surface area contributed by atoms with Gasteiger partial charge >= 0.3 is 6.09 Å². The summed E-state index contributed by atoms with van der Waals surface area (Å²) in [6.07, 6.45) is 0.214. The summed E-state index contributed by atoms with van der Waals surface area (Å²) < 4.78 is 26.9. The standard InChI is InChI=1S/C16H19N3O4S/c1-23-16(20)19-14-6-4-13(5-7-14)18-11-10-12-2-8-15(9-3-12)24(17,21)22/h2-9,18H,10-11H2,1H3,(H,19,20)(H2,17,21,22). The third-order valence-corrected chi connectivity index (χ3v) is 4.24. The summed E-state index contributed by atoms with van der Waals surface area (Å²) in [5.74, 6) is 0. The minimum absolute atomic E-state index is 0.105. The largest absolute Gasteiger partial charge is 0.453 e. The van der Waals surface area contributed by atoms with Crippen LogP contribution in [-0.2, 0) is 21.2 Å². The van der Waals surface area contributed by atoms with Crippen LogP contribution in [-0.4, -0.2) is 28.2 Å². The van der Waals surface area contributed by atoms with Gasteiger partial charge in [0.05, 0.1) is 12.0 Å². The van der Waals surface area contributed by atoms with E-state index < -0.39 is 16.1 Å². The zero-order valence-electron chi connectivity index (χ0n) is 13.2. The van der Waals surface area contributed by atoms with Gasteiger partial charge in [-0.1, -0.05) is 12.1 Å². The molecule has 0 fully saturated rings. The number of nitrogens with one attached hydrogen (secondary N) is 2. The highest BCUT2D eigenvalue weighted by Crippen LogP contribution is 2.14. The summed E-state index contributed by atoms with van der Waals surface area (Å²) in [5, 5.41) is 10.9. The predicted octanol–water partition coefficient (Wildman–Crippen LogP) is 2.17. The molecule has 0 spiro atoms. The molecule has 0 radical (unpaired) electrons. The average Bonchev–Trinajstić information content (AvgIpc) is 2.56. The molecule has 2 rings (SSSR count). The van der Waals surface area contributed by atoms with Crippen molar-refractivity contribution in [2.45, 2.75) is 11.3 Å². The van der Waals surface area contributed by atoms with Gasteiger partial charge in [0.25, 0.3) is 0 Å². The van der Waals surface area contributed by atoms with Crippen molar-refractivity contribution in [3.8, 4) is 0 Å². The van der Waals surface area contributed by atoms with E-state index >= 15 is 0 Å². The van der Waals surface area contributed by atoms with Gasteiger partial charge in [-0.25, -0.2) is 18.4 Å². The molecule has 0 aromatic heterocycles. The molecule has 0 aliphatic rings. The van der Waals surface area contributed by atoms with Crippen LogP contribution in [0.25, 0.3) is 0 Å². The van der Waals surface area contributed by atoms with E-state index in [1.807, 2.05) is 12.1 Å². The van der Waals surface area contributed by atoms with E-state index in [1.54, 1.807) is 24.3 Å². The molecule has 24 heavy (non-hydrogen) atoms. The Hall–Kier alpha value is -2.58. The van der Waals surface area contributed by atoms with E-state index in [9.17, 15) is 13.2 Å². The molecule has 4 N–H and O–H groups in total. The maximum absolute atomic E-state index is 11.2. The molecule has 8 heteroatoms. The van der Waals surface area contributed by atoms with E-state index in [4.69, 9.17) is 5.14 Å². The van der Waals surface area contributed by atoms with E-state index in [1.165, 1.54) is 19.2 Å². The van der Waals surface area contributed by atoms with Gasteiger partial charge in [-0.05, 0) is 48.4 Å². The second-order valence-electron chi connectivity index (χ2n) is 5.06. The van der Waals surface area contributed by atoms with Crippen molar-refractivity contribution < 1.29 is 17.9 Å². The predicted molar refractivity (Wildman–Crippen MR) is 92.5 cm³/mol. The van der Waals surface area contributed by atoms with Crippen molar-refractivity contribution in [1.29, 1.82) is 0 Å². The first-order chi connectivity index (χ1) is 11.4. The van der Waals surface area contributed by atoms with Gasteiger partial charge in [0.15, 0.2) is 0 Å². The highest BCUT2D eigenvalue weighted by atomic mass is 32.2. The van der Waals surface area contributed by atoms with Gasteiger partial charge in [0.2, 0.25) is 10.0 Å². The van der Waals surface area contributed by atoms with Crippen LogP contribution < -0.4 is 15.8 Å². The third-order valence-electron chi connectivity index (χ3n) is 3.31. The van der Waals surface area contributed by atoms with Gasteiger partial charge < -0.3 is 10.1 Å². The molecular weight excluding hydrogens is 330 g/mol. The lowest BCUT2D eigenvalue weighted by Crippen LogP contribution is -2.12. The van der Waals surface area contributed by atoms with Gasteiger partial charge in [-0.3, -0.25) is 5.32 Å². The number of benzene rings is 2. The second-order valence-corrected chi connectivity index (χ2v) is 6.62. The Morgan fingerprint density at radius 3 is 2.17 bits per heavy atom. The van der Waals surface area contributed by atoms with Crippen LogP contribution in [0.3, 0.4) is 0 Å². The molecule has 2 aromatic carbocycles. The number of sulfonamides is 1. The van der Waals surface area contributed by atoms with Crippen LogP contribution in [0.5, 0.6) is 0 Å². The normalized spacial score (nSPS) is 10.9. The highest BCUT2D eigenvalue weighted by Gasteiger charge is 2.06. The molecule has 0 saturated carbocycles. The Morgan fingerprint density at radius 1 is 1.04 bits per heavy atom. The Bertz CT molecular complexity index is 787. The summed E-state index contributed by atoms with van der Waals surface area (Å²) in [5.41, 5.74) is 2.55. The first kappa shape index (κ1) is 17.8. The zero-order chi connectivity index (χ0) is 17.6. The first-order valence-corrected chi connectivity index (χ1v) is 8.74. The Labute approximate surface area is 140 Å². The second kappa shape index (κ2) is 7.80. The molecule has 128 valence electrons. The number of amides is 1. The number of methoxy groups -OCH3 is 1. The molecule has 0 heterocycles. The monoisotopic (exact) mass is 349 g/mol. The number of primary sulfonamides is 1. The topological polar surface area (TPSA) is 111 Å². The fourth-order valence-corrected chi connectivity index (χ4v) is 2.55. The van der Waals surface area contributed by atoms with Crippen LogP contribution in [0.15, 0.2) is 53.4 Å². The molecule has 0 aliphatic carbocycles. The SMILES string of the molecule is COC(=O)Nc1ccc(NCCc2ccc(S(N)(=O)=O)cc2)cc1. The summed E-state index contributed by atoms with van der Waals surface area (Å²) in [6.45, 7) is 0.679. The van der Waals surface area contributed by atoms with Crippen molar-refractivity contribution in [2.75, 3.05) is 24.3 Å². The minimum atomic E-state index is -3.65. The van der Waals surface area contributed by atoms with Gasteiger partial charge in [-0.2, -0.15) is 0 Å². The molecule has 0 atom stereocenters. The van der Waals surface area contributed by atoms with Crippen molar-refractivity contribution in [3.05, 3.63) is 54.1 Å². The Balaban J connectivity index is 1.84. The quantitative estimate of drug-likeness (QED) is 0.740. The van der Waals surface area contributed by atoms with Crippen LogP contribution in [0, 0.1) is 0 Å². The summed E-state index contributed by atoms with van der Waals surface area (Å²) in [7, 11) is -2.35. The summed E-state index contributed by atoms with van der Waals surface area (Å²) in [4.78, 5) is 11.2. The van der Waals surface area contributed by atoms with Crippen molar-refractivity contribution in [2.24, 2.45) is 5.14 Å². The number of ether oxygens (including phenoxy) is 1. The molecule has 1 amide bonds. The van der Waals surface area contributed by atoms with Crippen molar-refractivity contribution >= 4 is 27.5 Å². The van der Waals surface area contributed by atoms with Crippen molar-refractivity contribution in [3.63, 3.8) is 0 Å². The number of carbonyl (C=O) groups excluding carboxylic acids is 1. The molecule has 2 aromatic rings. The van der Waals surface area contributed by atoms with Gasteiger partial charge in [0.1, 0.15) is 0 Å². The van der Waals surface area contributed by atoms with E-state index in [0.29, 0.717) is 12.2 Å². The van der Waals surface area contributed by atoms with Crippen LogP contribution in [0.1, 0.15) is 5.56 Å². The number of hydrogen-bond donors (Lipinski definition) is 3. The first-order valence-electron chi connectivity index (χ1n) is 7.19. The lowest BCUT2D eigenvalue weighted by atomic mass is 10.1. The summed E-state index contributed by atoms with van der Waals surface area (Å²) in [6, 6.07) is 13.7. The molecule has 7 nitrogen and oxygen atoms in total. The lowest BCUT2D eigenvalue weighted by molar-refractivity contribution is 0.187. The van der Waals surface area contributed by atoms with E-state index in [2.05, 4.69) is 15.4 Å². The Kier molecular flexibility index (Phi) is 5.78.